The van der Waals surface area contributed by atoms with Gasteiger partial charge in [-0.3, -0.25) is 4.79 Å². The topological polar surface area (TPSA) is 101 Å². The number of nitrogens with zero attached hydrogens (tertiary/aromatic N) is 2. The molecule has 130 valence electrons. The van der Waals surface area contributed by atoms with E-state index in [0.29, 0.717) is 23.6 Å². The van der Waals surface area contributed by atoms with Crippen LogP contribution in [0.3, 0.4) is 0 Å². The number of aromatic nitrogens is 1. The summed E-state index contributed by atoms with van der Waals surface area (Å²) in [7, 11) is 1.59. The summed E-state index contributed by atoms with van der Waals surface area (Å²) in [5, 5.41) is 16.1. The molecule has 1 aromatic heterocycles. The maximum Gasteiger partial charge on any atom is 0.277 e. The number of nitriles is 1. The van der Waals surface area contributed by atoms with E-state index in [-0.39, 0.29) is 5.01 Å². The number of primary amides is 1. The van der Waals surface area contributed by atoms with E-state index in [1.165, 1.54) is 11.3 Å². The minimum atomic E-state index is -0.541. The zero-order valence-corrected chi connectivity index (χ0v) is 14.9. The lowest BCUT2D eigenvalue weighted by Crippen LogP contribution is -2.10. The van der Waals surface area contributed by atoms with Crippen LogP contribution in [0.25, 0.3) is 22.0 Å². The number of ether oxygens (including phenoxy) is 1. The van der Waals surface area contributed by atoms with Crippen LogP contribution in [0.2, 0.25) is 0 Å². The first-order valence-electron chi connectivity index (χ1n) is 7.71. The van der Waals surface area contributed by atoms with Gasteiger partial charge in [-0.1, -0.05) is 24.8 Å². The zero-order valence-electron chi connectivity index (χ0n) is 14.1. The number of carbonyl (C=O) groups is 1. The van der Waals surface area contributed by atoms with E-state index in [4.69, 9.17) is 15.7 Å². The quantitative estimate of drug-likeness (QED) is 0.651. The Labute approximate surface area is 154 Å². The van der Waals surface area contributed by atoms with Crippen molar-refractivity contribution in [1.82, 2.24) is 4.98 Å². The number of anilines is 1. The van der Waals surface area contributed by atoms with Gasteiger partial charge in [-0.15, -0.1) is 11.3 Å². The Morgan fingerprint density at radius 1 is 1.42 bits per heavy atom. The summed E-state index contributed by atoms with van der Waals surface area (Å²) in [5.74, 6) is 0.123. The van der Waals surface area contributed by atoms with E-state index in [0.717, 1.165) is 22.0 Å². The second-order valence-electron chi connectivity index (χ2n) is 5.55. The lowest BCUT2D eigenvalue weighted by molar-refractivity contribution is 0.1000. The van der Waals surface area contributed by atoms with Crippen molar-refractivity contribution in [3.8, 4) is 23.1 Å². The predicted octanol–water partition coefficient (Wildman–Crippen LogP) is 3.56. The summed E-state index contributed by atoms with van der Waals surface area (Å²) in [6, 6.07) is 11.7. The molecule has 0 aliphatic rings. The Bertz CT molecular complexity index is 1050. The minimum Gasteiger partial charge on any atom is -0.495 e. The second-order valence-corrected chi connectivity index (χ2v) is 6.41. The number of nitrogens with one attached hydrogen (secondary N) is 1. The van der Waals surface area contributed by atoms with E-state index in [2.05, 4.69) is 16.9 Å². The lowest BCUT2D eigenvalue weighted by atomic mass is 10.0. The molecule has 1 heterocycles. The van der Waals surface area contributed by atoms with Crippen molar-refractivity contribution in [3.63, 3.8) is 0 Å². The second kappa shape index (κ2) is 7.25. The molecule has 0 bridgehead atoms. The number of amides is 1. The Morgan fingerprint density at radius 3 is 2.85 bits per heavy atom. The van der Waals surface area contributed by atoms with Crippen LogP contribution in [0.15, 0.2) is 47.9 Å². The highest BCUT2D eigenvalue weighted by Crippen LogP contribution is 2.36. The van der Waals surface area contributed by atoms with Gasteiger partial charge in [0.2, 0.25) is 0 Å². The lowest BCUT2D eigenvalue weighted by Gasteiger charge is -2.14. The zero-order chi connectivity index (χ0) is 18.7. The fourth-order valence-corrected chi connectivity index (χ4v) is 3.24. The molecular formula is C19H16N4O2S. The Kier molecular flexibility index (Phi) is 4.87. The van der Waals surface area contributed by atoms with Crippen LogP contribution in [0.4, 0.5) is 5.69 Å². The maximum atomic E-state index is 11.3. The van der Waals surface area contributed by atoms with Gasteiger partial charge in [-0.05, 0) is 17.5 Å². The number of methoxy groups -OCH3 is 1. The number of benzene rings is 2. The van der Waals surface area contributed by atoms with Gasteiger partial charge in [0.1, 0.15) is 5.75 Å². The molecule has 0 aliphatic heterocycles. The smallest absolute Gasteiger partial charge is 0.277 e. The molecular weight excluding hydrogens is 348 g/mol. The normalized spacial score (nSPS) is 10.3. The van der Waals surface area contributed by atoms with Crippen LogP contribution in [-0.2, 0) is 0 Å². The molecule has 2 aromatic carbocycles. The standard InChI is InChI=1S/C19H16N4O2S/c1-11(8-20)9-22-17-14-7-13(15-10-26-19(23-15)18(21)24)4-3-12(14)5-6-16(17)25-2/h3-7,10,22H,1,9H2,2H3,(H2,21,24). The van der Waals surface area contributed by atoms with Crippen molar-refractivity contribution in [2.45, 2.75) is 0 Å². The summed E-state index contributed by atoms with van der Waals surface area (Å²) < 4.78 is 5.45. The van der Waals surface area contributed by atoms with E-state index >= 15 is 0 Å². The molecule has 6 nitrogen and oxygen atoms in total. The first-order chi connectivity index (χ1) is 12.5. The van der Waals surface area contributed by atoms with Crippen LogP contribution >= 0.6 is 11.3 Å². The molecule has 0 spiro atoms. The Balaban J connectivity index is 2.09. The molecule has 0 saturated heterocycles. The van der Waals surface area contributed by atoms with Crippen LogP contribution < -0.4 is 15.8 Å². The van der Waals surface area contributed by atoms with E-state index in [1.807, 2.05) is 36.4 Å². The van der Waals surface area contributed by atoms with Gasteiger partial charge < -0.3 is 15.8 Å². The van der Waals surface area contributed by atoms with Crippen molar-refractivity contribution >= 4 is 33.7 Å². The number of thiazole rings is 1. The molecule has 26 heavy (non-hydrogen) atoms. The van der Waals surface area contributed by atoms with Crippen molar-refractivity contribution in [1.29, 1.82) is 5.26 Å². The summed E-state index contributed by atoms with van der Waals surface area (Å²) in [6.45, 7) is 4.01. The van der Waals surface area contributed by atoms with E-state index < -0.39 is 5.91 Å². The van der Waals surface area contributed by atoms with E-state index in [1.54, 1.807) is 12.5 Å². The van der Waals surface area contributed by atoms with Crippen molar-refractivity contribution in [2.24, 2.45) is 5.73 Å². The molecule has 0 saturated carbocycles. The van der Waals surface area contributed by atoms with Gasteiger partial charge >= 0.3 is 0 Å². The molecule has 7 heteroatoms. The fourth-order valence-electron chi connectivity index (χ4n) is 2.57. The molecule has 0 aliphatic carbocycles. The summed E-state index contributed by atoms with van der Waals surface area (Å²) in [6.07, 6.45) is 0. The van der Waals surface area contributed by atoms with Crippen molar-refractivity contribution < 1.29 is 9.53 Å². The average molecular weight is 364 g/mol. The number of nitrogens with two attached hydrogens (primary N) is 1. The van der Waals surface area contributed by atoms with Crippen LogP contribution in [0.1, 0.15) is 9.80 Å². The summed E-state index contributed by atoms with van der Waals surface area (Å²) in [5.41, 5.74) is 8.02. The van der Waals surface area contributed by atoms with Gasteiger partial charge in [0, 0.05) is 28.4 Å². The third-order valence-electron chi connectivity index (χ3n) is 3.85. The SMILES string of the molecule is C=C(C#N)CNc1c(OC)ccc2ccc(-c3csc(C(N)=O)n3)cc12. The van der Waals surface area contributed by atoms with Gasteiger partial charge in [-0.25, -0.2) is 4.98 Å². The molecule has 3 N–H and O–H groups in total. The number of rotatable bonds is 6. The highest BCUT2D eigenvalue weighted by Gasteiger charge is 2.13. The minimum absolute atomic E-state index is 0.273. The van der Waals surface area contributed by atoms with Crippen LogP contribution in [0, 0.1) is 11.3 Å². The molecule has 0 fully saturated rings. The third-order valence-corrected chi connectivity index (χ3v) is 4.71. The molecule has 0 unspecified atom stereocenters. The van der Waals surface area contributed by atoms with E-state index in [9.17, 15) is 4.79 Å². The third kappa shape index (κ3) is 3.36. The highest BCUT2D eigenvalue weighted by atomic mass is 32.1. The Morgan fingerprint density at radius 2 is 2.19 bits per heavy atom. The van der Waals surface area contributed by atoms with Gasteiger partial charge in [-0.2, -0.15) is 5.26 Å². The van der Waals surface area contributed by atoms with Gasteiger partial charge in [0.15, 0.2) is 5.01 Å². The number of hydrogen-bond donors (Lipinski definition) is 2. The summed E-state index contributed by atoms with van der Waals surface area (Å²) in [4.78, 5) is 15.6. The number of fused-ring (bicyclic) bond motifs is 1. The van der Waals surface area contributed by atoms with Gasteiger partial charge in [0.25, 0.3) is 5.91 Å². The largest absolute Gasteiger partial charge is 0.495 e. The predicted molar refractivity (Wildman–Crippen MR) is 103 cm³/mol. The first kappa shape index (κ1) is 17.5. The molecule has 0 atom stereocenters. The number of hydrogen-bond acceptors (Lipinski definition) is 6. The fraction of sp³-hybridized carbons (Fsp3) is 0.105. The Hall–Kier alpha value is -3.37. The molecule has 1 amide bonds. The van der Waals surface area contributed by atoms with Gasteiger partial charge in [0.05, 0.1) is 24.6 Å². The molecule has 0 radical (unpaired) electrons. The monoisotopic (exact) mass is 364 g/mol. The van der Waals surface area contributed by atoms with Crippen molar-refractivity contribution in [3.05, 3.63) is 52.9 Å². The van der Waals surface area contributed by atoms with Crippen LogP contribution in [-0.4, -0.2) is 24.5 Å². The summed E-state index contributed by atoms with van der Waals surface area (Å²) >= 11 is 1.21. The molecule has 3 aromatic rings. The highest BCUT2D eigenvalue weighted by molar-refractivity contribution is 7.12. The molecule has 3 rings (SSSR count). The number of carbonyl (C=O) groups excluding carboxylic acids is 1. The first-order valence-corrected chi connectivity index (χ1v) is 8.59. The van der Waals surface area contributed by atoms with Crippen molar-refractivity contribution in [2.75, 3.05) is 19.0 Å². The maximum absolute atomic E-state index is 11.3. The van der Waals surface area contributed by atoms with Crippen LogP contribution in [0.5, 0.6) is 5.75 Å². The average Bonchev–Trinajstić information content (AvgIpc) is 3.15.